The number of carbonyl (C=O) groups excluding carboxylic acids is 1. The number of ketones is 1. The van der Waals surface area contributed by atoms with E-state index in [1.54, 1.807) is 11.3 Å². The van der Waals surface area contributed by atoms with Gasteiger partial charge in [0.15, 0.2) is 5.78 Å². The zero-order valence-corrected chi connectivity index (χ0v) is 15.0. The zero-order chi connectivity index (χ0) is 17.4. The number of hydrogen-bond acceptors (Lipinski definition) is 3. The fourth-order valence-corrected chi connectivity index (χ4v) is 3.76. The van der Waals surface area contributed by atoms with E-state index in [1.165, 1.54) is 0 Å². The largest absolute Gasteiger partial charge is 0.303 e. The second-order valence-electron chi connectivity index (χ2n) is 6.27. The first-order valence-electron chi connectivity index (χ1n) is 8.22. The highest BCUT2D eigenvalue weighted by Crippen LogP contribution is 2.28. The number of Topliss-reactive ketones (excluding diaryl/α,β-unsaturated/α-hetero) is 1. The van der Waals surface area contributed by atoms with Crippen molar-refractivity contribution in [3.05, 3.63) is 81.8 Å². The number of pyridine rings is 1. The van der Waals surface area contributed by atoms with Crippen molar-refractivity contribution in [3.63, 3.8) is 0 Å². The number of rotatable bonds is 4. The molecule has 0 atom stereocenters. The molecule has 4 heteroatoms. The molecule has 4 rings (SSSR count). The molecule has 0 aliphatic heterocycles. The number of benzene rings is 1. The van der Waals surface area contributed by atoms with Gasteiger partial charge in [0.2, 0.25) is 0 Å². The molecule has 124 valence electrons. The lowest BCUT2D eigenvalue weighted by Gasteiger charge is -2.07. The van der Waals surface area contributed by atoms with Crippen LogP contribution in [0.3, 0.4) is 0 Å². The lowest BCUT2D eigenvalue weighted by Crippen LogP contribution is -2.06. The summed E-state index contributed by atoms with van der Waals surface area (Å²) in [6.07, 6.45) is 2.39. The number of aromatic nitrogens is 2. The summed E-state index contributed by atoms with van der Waals surface area (Å²) in [6, 6.07) is 14.1. The van der Waals surface area contributed by atoms with E-state index >= 15 is 0 Å². The smallest absolute Gasteiger partial charge is 0.169 e. The van der Waals surface area contributed by atoms with E-state index in [2.05, 4.69) is 42.6 Å². The first-order chi connectivity index (χ1) is 12.1. The Labute approximate surface area is 150 Å². The van der Waals surface area contributed by atoms with Crippen LogP contribution in [0.2, 0.25) is 0 Å². The van der Waals surface area contributed by atoms with Crippen molar-refractivity contribution in [2.75, 3.05) is 0 Å². The first-order valence-corrected chi connectivity index (χ1v) is 9.17. The Morgan fingerprint density at radius 2 is 1.96 bits per heavy atom. The Hall–Kier alpha value is -2.72. The monoisotopic (exact) mass is 346 g/mol. The molecular weight excluding hydrogens is 328 g/mol. The Balaban J connectivity index is 1.90. The fourth-order valence-electron chi connectivity index (χ4n) is 3.10. The molecular formula is C21H18N2OS. The van der Waals surface area contributed by atoms with E-state index in [0.29, 0.717) is 6.42 Å². The minimum Gasteiger partial charge on any atom is -0.303 e. The number of nitrogens with zero attached hydrogens (tertiary/aromatic N) is 2. The third-order valence-electron chi connectivity index (χ3n) is 4.44. The molecule has 0 saturated carbocycles. The molecule has 0 unspecified atom stereocenters. The summed E-state index contributed by atoms with van der Waals surface area (Å²) in [5.41, 5.74) is 6.87. The van der Waals surface area contributed by atoms with Crippen LogP contribution < -0.4 is 0 Å². The van der Waals surface area contributed by atoms with E-state index < -0.39 is 0 Å². The maximum atomic E-state index is 12.7. The summed E-state index contributed by atoms with van der Waals surface area (Å²) in [5, 5.41) is 3.85. The van der Waals surface area contributed by atoms with Gasteiger partial charge in [-0.1, -0.05) is 30.3 Å². The van der Waals surface area contributed by atoms with Crippen molar-refractivity contribution in [1.29, 1.82) is 0 Å². The lowest BCUT2D eigenvalue weighted by molar-refractivity contribution is 0.0992. The van der Waals surface area contributed by atoms with Gasteiger partial charge < -0.3 is 4.40 Å². The predicted octanol–water partition coefficient (Wildman–Crippen LogP) is 5.11. The van der Waals surface area contributed by atoms with Crippen molar-refractivity contribution in [1.82, 2.24) is 9.38 Å². The second-order valence-corrected chi connectivity index (χ2v) is 7.05. The van der Waals surface area contributed by atoms with Crippen LogP contribution in [-0.2, 0) is 6.42 Å². The van der Waals surface area contributed by atoms with Crippen molar-refractivity contribution < 1.29 is 4.79 Å². The minimum absolute atomic E-state index is 0.124. The Kier molecular flexibility index (Phi) is 3.98. The first kappa shape index (κ1) is 15.8. The van der Waals surface area contributed by atoms with Crippen LogP contribution in [0.15, 0.2) is 59.4 Å². The molecule has 1 aromatic carbocycles. The predicted molar refractivity (Wildman–Crippen MR) is 102 cm³/mol. The number of carbonyl (C=O) groups is 1. The molecule has 0 fully saturated rings. The third kappa shape index (κ3) is 2.89. The number of imidazole rings is 1. The maximum absolute atomic E-state index is 12.7. The van der Waals surface area contributed by atoms with Gasteiger partial charge in [-0.2, -0.15) is 11.3 Å². The molecule has 3 heterocycles. The average molecular weight is 346 g/mol. The van der Waals surface area contributed by atoms with Gasteiger partial charge in [-0.05, 0) is 42.5 Å². The summed E-state index contributed by atoms with van der Waals surface area (Å²) in [7, 11) is 0. The van der Waals surface area contributed by atoms with Crippen molar-refractivity contribution in [3.8, 4) is 11.3 Å². The quantitative estimate of drug-likeness (QED) is 0.482. The topological polar surface area (TPSA) is 34.4 Å². The lowest BCUT2D eigenvalue weighted by atomic mass is 10.0. The van der Waals surface area contributed by atoms with E-state index in [9.17, 15) is 4.79 Å². The highest BCUT2D eigenvalue weighted by molar-refractivity contribution is 7.08. The summed E-state index contributed by atoms with van der Waals surface area (Å²) in [5.74, 6) is 0.124. The van der Waals surface area contributed by atoms with E-state index in [4.69, 9.17) is 4.98 Å². The molecule has 25 heavy (non-hydrogen) atoms. The summed E-state index contributed by atoms with van der Waals surface area (Å²) >= 11 is 1.55. The summed E-state index contributed by atoms with van der Waals surface area (Å²) in [6.45, 7) is 4.13. The maximum Gasteiger partial charge on any atom is 0.169 e. The van der Waals surface area contributed by atoms with Gasteiger partial charge in [0.05, 0.1) is 17.8 Å². The normalized spacial score (nSPS) is 11.1. The number of thiophene rings is 1. The SMILES string of the molecule is Cc1ccc2nc(-c3ccccc3C)c(CC(=O)c3ccsc3)n2c1. The highest BCUT2D eigenvalue weighted by atomic mass is 32.1. The van der Waals surface area contributed by atoms with Crippen LogP contribution >= 0.6 is 11.3 Å². The fraction of sp³-hybridized carbons (Fsp3) is 0.143. The van der Waals surface area contributed by atoms with Crippen LogP contribution in [0.1, 0.15) is 27.2 Å². The molecule has 0 radical (unpaired) electrons. The van der Waals surface area contributed by atoms with Gasteiger partial charge in [-0.15, -0.1) is 0 Å². The van der Waals surface area contributed by atoms with E-state index in [0.717, 1.165) is 39.3 Å². The molecule has 0 aliphatic rings. The van der Waals surface area contributed by atoms with Crippen LogP contribution in [-0.4, -0.2) is 15.2 Å². The highest BCUT2D eigenvalue weighted by Gasteiger charge is 2.19. The number of fused-ring (bicyclic) bond motifs is 1. The Morgan fingerprint density at radius 3 is 2.72 bits per heavy atom. The van der Waals surface area contributed by atoms with Gasteiger partial charge in [0, 0.05) is 22.7 Å². The third-order valence-corrected chi connectivity index (χ3v) is 5.12. The van der Waals surface area contributed by atoms with Crippen molar-refractivity contribution in [2.45, 2.75) is 20.3 Å². The van der Waals surface area contributed by atoms with E-state index in [-0.39, 0.29) is 5.78 Å². The molecule has 0 aliphatic carbocycles. The van der Waals surface area contributed by atoms with E-state index in [1.807, 2.05) is 35.0 Å². The van der Waals surface area contributed by atoms with Gasteiger partial charge >= 0.3 is 0 Å². The van der Waals surface area contributed by atoms with Gasteiger partial charge in [-0.3, -0.25) is 4.79 Å². The molecule has 0 amide bonds. The van der Waals surface area contributed by atoms with Crippen LogP contribution in [0.4, 0.5) is 0 Å². The molecule has 0 N–H and O–H groups in total. The van der Waals surface area contributed by atoms with Gasteiger partial charge in [0.1, 0.15) is 5.65 Å². The molecule has 3 nitrogen and oxygen atoms in total. The van der Waals surface area contributed by atoms with Gasteiger partial charge in [0.25, 0.3) is 0 Å². The van der Waals surface area contributed by atoms with Crippen molar-refractivity contribution in [2.24, 2.45) is 0 Å². The van der Waals surface area contributed by atoms with Crippen LogP contribution in [0.25, 0.3) is 16.9 Å². The summed E-state index contributed by atoms with van der Waals surface area (Å²) < 4.78 is 2.06. The number of hydrogen-bond donors (Lipinski definition) is 0. The van der Waals surface area contributed by atoms with Crippen LogP contribution in [0.5, 0.6) is 0 Å². The van der Waals surface area contributed by atoms with Crippen LogP contribution in [0, 0.1) is 13.8 Å². The molecule has 0 saturated heterocycles. The Bertz CT molecular complexity index is 1060. The molecule has 3 aromatic heterocycles. The number of aryl methyl sites for hydroxylation is 2. The van der Waals surface area contributed by atoms with Gasteiger partial charge in [-0.25, -0.2) is 4.98 Å². The molecule has 0 spiro atoms. The average Bonchev–Trinajstić information content (AvgIpc) is 3.24. The van der Waals surface area contributed by atoms with Crippen molar-refractivity contribution >= 4 is 22.8 Å². The molecule has 0 bridgehead atoms. The molecule has 4 aromatic rings. The summed E-state index contributed by atoms with van der Waals surface area (Å²) in [4.78, 5) is 17.6. The minimum atomic E-state index is 0.124. The Morgan fingerprint density at radius 1 is 1.12 bits per heavy atom. The zero-order valence-electron chi connectivity index (χ0n) is 14.2. The standard InChI is InChI=1S/C21H18N2OS/c1-14-7-8-20-22-21(17-6-4-3-5-15(17)2)18(23(20)12-14)11-19(24)16-9-10-25-13-16/h3-10,12-13H,11H2,1-2H3. The second kappa shape index (κ2) is 6.30.